The third-order valence-electron chi connectivity index (χ3n) is 4.24. The van der Waals surface area contributed by atoms with Gasteiger partial charge in [0.1, 0.15) is 0 Å². The van der Waals surface area contributed by atoms with Crippen LogP contribution in [0.4, 0.5) is 11.4 Å². The normalized spacial score (nSPS) is 16.0. The van der Waals surface area contributed by atoms with Gasteiger partial charge in [-0.3, -0.25) is 9.59 Å². The number of amides is 2. The van der Waals surface area contributed by atoms with Gasteiger partial charge in [0, 0.05) is 35.1 Å². The van der Waals surface area contributed by atoms with Crippen LogP contribution < -0.4 is 16.0 Å². The maximum absolute atomic E-state index is 12.1. The fourth-order valence-corrected chi connectivity index (χ4v) is 2.90. The van der Waals surface area contributed by atoms with Crippen LogP contribution in [0.2, 0.25) is 5.02 Å². The van der Waals surface area contributed by atoms with Crippen molar-refractivity contribution < 1.29 is 14.3 Å². The highest BCUT2D eigenvalue weighted by Crippen LogP contribution is 2.14. The van der Waals surface area contributed by atoms with Gasteiger partial charge < -0.3 is 20.7 Å². The van der Waals surface area contributed by atoms with E-state index >= 15 is 0 Å². The van der Waals surface area contributed by atoms with Crippen LogP contribution in [-0.4, -0.2) is 37.6 Å². The van der Waals surface area contributed by atoms with Gasteiger partial charge in [-0.25, -0.2) is 0 Å². The molecule has 1 aliphatic heterocycles. The van der Waals surface area contributed by atoms with E-state index in [1.54, 1.807) is 48.5 Å². The van der Waals surface area contributed by atoms with Gasteiger partial charge in [-0.2, -0.15) is 0 Å². The minimum absolute atomic E-state index is 0.112. The summed E-state index contributed by atoms with van der Waals surface area (Å²) in [6.07, 6.45) is 2.14. The standard InChI is InChI=1S/C20H22ClN3O3/c21-15-5-9-16(10-6-15)22-13-19(25)24-17-7-3-14(4-8-17)20(26)23-12-18-2-1-11-27-18/h3-10,18,22H,1-2,11-13H2,(H,23,26)(H,24,25). The quantitative estimate of drug-likeness (QED) is 0.681. The molecule has 0 bridgehead atoms. The van der Waals surface area contributed by atoms with Gasteiger partial charge in [0.15, 0.2) is 0 Å². The number of nitrogens with one attached hydrogen (secondary N) is 3. The van der Waals surface area contributed by atoms with E-state index in [0.717, 1.165) is 25.1 Å². The number of carbonyl (C=O) groups excluding carboxylic acids is 2. The van der Waals surface area contributed by atoms with Crippen LogP contribution in [0.25, 0.3) is 0 Å². The van der Waals surface area contributed by atoms with Crippen LogP contribution in [0.1, 0.15) is 23.2 Å². The number of carbonyl (C=O) groups is 2. The van der Waals surface area contributed by atoms with Crippen LogP contribution in [-0.2, 0) is 9.53 Å². The minimum atomic E-state index is -0.180. The number of anilines is 2. The van der Waals surface area contributed by atoms with Crippen LogP contribution >= 0.6 is 11.6 Å². The van der Waals surface area contributed by atoms with Gasteiger partial charge in [0.05, 0.1) is 12.6 Å². The Morgan fingerprint density at radius 1 is 1.04 bits per heavy atom. The van der Waals surface area contributed by atoms with E-state index in [2.05, 4.69) is 16.0 Å². The van der Waals surface area contributed by atoms with Gasteiger partial charge in [-0.15, -0.1) is 0 Å². The highest BCUT2D eigenvalue weighted by Gasteiger charge is 2.16. The molecule has 142 valence electrons. The largest absolute Gasteiger partial charge is 0.376 e. The van der Waals surface area contributed by atoms with Crippen molar-refractivity contribution in [1.82, 2.24) is 5.32 Å². The molecule has 0 spiro atoms. The molecule has 1 unspecified atom stereocenters. The van der Waals surface area contributed by atoms with E-state index in [-0.39, 0.29) is 24.5 Å². The van der Waals surface area contributed by atoms with Crippen LogP contribution in [0.15, 0.2) is 48.5 Å². The van der Waals surface area contributed by atoms with Crippen molar-refractivity contribution in [1.29, 1.82) is 0 Å². The SMILES string of the molecule is O=C(CNc1ccc(Cl)cc1)Nc1ccc(C(=O)NCC2CCCO2)cc1. The summed E-state index contributed by atoms with van der Waals surface area (Å²) >= 11 is 5.83. The Kier molecular flexibility index (Phi) is 6.68. The molecule has 1 heterocycles. The lowest BCUT2D eigenvalue weighted by molar-refractivity contribution is -0.114. The summed E-state index contributed by atoms with van der Waals surface area (Å²) in [4.78, 5) is 24.2. The topological polar surface area (TPSA) is 79.5 Å². The fourth-order valence-electron chi connectivity index (χ4n) is 2.77. The molecule has 0 aromatic heterocycles. The Hall–Kier alpha value is -2.57. The third-order valence-corrected chi connectivity index (χ3v) is 4.49. The molecule has 27 heavy (non-hydrogen) atoms. The molecule has 1 fully saturated rings. The number of hydrogen-bond acceptors (Lipinski definition) is 4. The highest BCUT2D eigenvalue weighted by molar-refractivity contribution is 6.30. The zero-order valence-corrected chi connectivity index (χ0v) is 15.6. The molecule has 1 atom stereocenters. The van der Waals surface area contributed by atoms with Gasteiger partial charge in [-0.1, -0.05) is 11.6 Å². The Balaban J connectivity index is 1.44. The Labute approximate surface area is 163 Å². The average Bonchev–Trinajstić information content (AvgIpc) is 3.20. The molecule has 1 saturated heterocycles. The van der Waals surface area contributed by atoms with E-state index in [1.165, 1.54) is 0 Å². The number of halogens is 1. The van der Waals surface area contributed by atoms with E-state index in [0.29, 0.717) is 22.8 Å². The van der Waals surface area contributed by atoms with Crippen molar-refractivity contribution in [3.63, 3.8) is 0 Å². The predicted molar refractivity (Wildman–Crippen MR) is 106 cm³/mol. The second-order valence-electron chi connectivity index (χ2n) is 6.33. The first-order valence-corrected chi connectivity index (χ1v) is 9.27. The monoisotopic (exact) mass is 387 g/mol. The summed E-state index contributed by atoms with van der Waals surface area (Å²) in [6.45, 7) is 1.42. The van der Waals surface area contributed by atoms with Crippen molar-refractivity contribution >= 4 is 34.8 Å². The summed E-state index contributed by atoms with van der Waals surface area (Å²) in [6, 6.07) is 13.9. The van der Waals surface area contributed by atoms with Crippen LogP contribution in [0.3, 0.4) is 0 Å². The molecule has 0 saturated carbocycles. The Morgan fingerprint density at radius 2 is 1.74 bits per heavy atom. The first-order valence-electron chi connectivity index (χ1n) is 8.89. The number of ether oxygens (including phenoxy) is 1. The molecule has 0 aliphatic carbocycles. The average molecular weight is 388 g/mol. The third kappa shape index (κ3) is 5.98. The summed E-state index contributed by atoms with van der Waals surface area (Å²) in [5.41, 5.74) is 1.99. The maximum atomic E-state index is 12.1. The zero-order chi connectivity index (χ0) is 19.1. The molecular weight excluding hydrogens is 366 g/mol. The van der Waals surface area contributed by atoms with Crippen molar-refractivity contribution in [3.8, 4) is 0 Å². The first-order chi connectivity index (χ1) is 13.1. The molecule has 6 nitrogen and oxygen atoms in total. The minimum Gasteiger partial charge on any atom is -0.376 e. The van der Waals surface area contributed by atoms with E-state index < -0.39 is 0 Å². The van der Waals surface area contributed by atoms with Gasteiger partial charge in [0.25, 0.3) is 5.91 Å². The molecule has 2 aromatic carbocycles. The summed E-state index contributed by atoms with van der Waals surface area (Å²) in [7, 11) is 0. The maximum Gasteiger partial charge on any atom is 0.251 e. The molecule has 3 N–H and O–H groups in total. The van der Waals surface area contributed by atoms with Crippen molar-refractivity contribution in [2.24, 2.45) is 0 Å². The van der Waals surface area contributed by atoms with E-state index in [4.69, 9.17) is 16.3 Å². The van der Waals surface area contributed by atoms with Crippen molar-refractivity contribution in [3.05, 3.63) is 59.1 Å². The van der Waals surface area contributed by atoms with Gasteiger partial charge in [-0.05, 0) is 61.4 Å². The van der Waals surface area contributed by atoms with Crippen molar-refractivity contribution in [2.75, 3.05) is 30.3 Å². The Bertz CT molecular complexity index is 772. The van der Waals surface area contributed by atoms with E-state index in [9.17, 15) is 9.59 Å². The van der Waals surface area contributed by atoms with Gasteiger partial charge >= 0.3 is 0 Å². The first kappa shape index (κ1) is 19.2. The molecule has 2 amide bonds. The van der Waals surface area contributed by atoms with Crippen molar-refractivity contribution in [2.45, 2.75) is 18.9 Å². The van der Waals surface area contributed by atoms with Crippen LogP contribution in [0.5, 0.6) is 0 Å². The summed E-state index contributed by atoms with van der Waals surface area (Å²) in [5.74, 6) is -0.326. The fraction of sp³-hybridized carbons (Fsp3) is 0.300. The zero-order valence-electron chi connectivity index (χ0n) is 14.8. The lowest BCUT2D eigenvalue weighted by Gasteiger charge is -2.11. The lowest BCUT2D eigenvalue weighted by Crippen LogP contribution is -2.31. The lowest BCUT2D eigenvalue weighted by atomic mass is 10.2. The summed E-state index contributed by atoms with van der Waals surface area (Å²) < 4.78 is 5.49. The molecule has 7 heteroatoms. The number of benzene rings is 2. The number of rotatable bonds is 7. The molecule has 2 aromatic rings. The molecule has 1 aliphatic rings. The second kappa shape index (κ2) is 9.39. The highest BCUT2D eigenvalue weighted by atomic mass is 35.5. The molecule has 3 rings (SSSR count). The smallest absolute Gasteiger partial charge is 0.251 e. The van der Waals surface area contributed by atoms with Gasteiger partial charge in [0.2, 0.25) is 5.91 Å². The summed E-state index contributed by atoms with van der Waals surface area (Å²) in [5, 5.41) is 9.32. The van der Waals surface area contributed by atoms with E-state index in [1.807, 2.05) is 0 Å². The molecular formula is C20H22ClN3O3. The number of hydrogen-bond donors (Lipinski definition) is 3. The molecule has 0 radical (unpaired) electrons. The second-order valence-corrected chi connectivity index (χ2v) is 6.77. The Morgan fingerprint density at radius 3 is 2.41 bits per heavy atom. The van der Waals surface area contributed by atoms with Crippen LogP contribution in [0, 0.1) is 0 Å². The predicted octanol–water partition coefficient (Wildman–Crippen LogP) is 3.30.